The van der Waals surface area contributed by atoms with E-state index in [1.807, 2.05) is 0 Å². The summed E-state index contributed by atoms with van der Waals surface area (Å²) in [4.78, 5) is 15.4. The van der Waals surface area contributed by atoms with Crippen LogP contribution >= 0.6 is 0 Å². The van der Waals surface area contributed by atoms with Crippen molar-refractivity contribution >= 4 is 6.03 Å². The zero-order valence-corrected chi connectivity index (χ0v) is 13.6. The van der Waals surface area contributed by atoms with Crippen LogP contribution in [-0.2, 0) is 4.74 Å². The fourth-order valence-electron chi connectivity index (χ4n) is 3.38. The van der Waals surface area contributed by atoms with Gasteiger partial charge in [0.2, 0.25) is 0 Å². The lowest BCUT2D eigenvalue weighted by Gasteiger charge is -2.33. The van der Waals surface area contributed by atoms with E-state index < -0.39 is 12.7 Å². The van der Waals surface area contributed by atoms with Crippen LogP contribution in [0, 0.1) is 0 Å². The highest BCUT2D eigenvalue weighted by Crippen LogP contribution is 2.21. The lowest BCUT2D eigenvalue weighted by atomic mass is 9.92. The summed E-state index contributed by atoms with van der Waals surface area (Å²) in [6, 6.07) is -0.191. The number of hydrogen-bond donors (Lipinski definition) is 1. The monoisotopic (exact) mass is 337 g/mol. The van der Waals surface area contributed by atoms with Gasteiger partial charge in [-0.2, -0.15) is 13.2 Å². The third-order valence-electron chi connectivity index (χ3n) is 4.59. The number of methoxy groups -OCH3 is 1. The van der Waals surface area contributed by atoms with Crippen LogP contribution in [0.2, 0.25) is 0 Å². The van der Waals surface area contributed by atoms with Gasteiger partial charge in [-0.1, -0.05) is 12.8 Å². The molecule has 0 radical (unpaired) electrons. The van der Waals surface area contributed by atoms with E-state index in [0.717, 1.165) is 25.7 Å². The minimum Gasteiger partial charge on any atom is -0.379 e. The zero-order chi connectivity index (χ0) is 16.9. The molecular weight excluding hydrogens is 311 g/mol. The van der Waals surface area contributed by atoms with Crippen LogP contribution in [0.5, 0.6) is 0 Å². The van der Waals surface area contributed by atoms with Crippen LogP contribution in [-0.4, -0.2) is 74.0 Å². The molecule has 1 aliphatic heterocycles. The summed E-state index contributed by atoms with van der Waals surface area (Å²) in [6.45, 7) is 0.534. The molecule has 1 aliphatic carbocycles. The quantitative estimate of drug-likeness (QED) is 0.859. The van der Waals surface area contributed by atoms with Gasteiger partial charge < -0.3 is 15.0 Å². The number of nitrogens with zero attached hydrogens (tertiary/aromatic N) is 2. The summed E-state index contributed by atoms with van der Waals surface area (Å²) in [5.41, 5.74) is 0. The maximum Gasteiger partial charge on any atom is 0.401 e. The largest absolute Gasteiger partial charge is 0.401 e. The van der Waals surface area contributed by atoms with Crippen molar-refractivity contribution in [3.8, 4) is 0 Å². The van der Waals surface area contributed by atoms with Gasteiger partial charge >= 0.3 is 12.2 Å². The van der Waals surface area contributed by atoms with Crippen molar-refractivity contribution in [3.05, 3.63) is 0 Å². The first-order valence-corrected chi connectivity index (χ1v) is 8.26. The fraction of sp³-hybridized carbons (Fsp3) is 0.933. The molecule has 0 aromatic carbocycles. The highest BCUT2D eigenvalue weighted by Gasteiger charge is 2.32. The maximum absolute atomic E-state index is 12.5. The molecule has 1 N–H and O–H groups in total. The van der Waals surface area contributed by atoms with Crippen LogP contribution in [0.4, 0.5) is 18.0 Å². The summed E-state index contributed by atoms with van der Waals surface area (Å²) in [7, 11) is 1.65. The van der Waals surface area contributed by atoms with Gasteiger partial charge in [-0.25, -0.2) is 4.79 Å². The standard InChI is InChI=1S/C15H26F3N3O2/c1-23-13-6-3-2-5-12(13)19-14(22)21-8-4-7-20(9-10-21)11-15(16,17)18/h12-13H,2-11H2,1H3,(H,19,22)/t12-,13+/m1/s1. The summed E-state index contributed by atoms with van der Waals surface area (Å²) >= 11 is 0. The number of rotatable bonds is 3. The van der Waals surface area contributed by atoms with E-state index in [-0.39, 0.29) is 24.7 Å². The topological polar surface area (TPSA) is 44.8 Å². The molecule has 134 valence electrons. The van der Waals surface area contributed by atoms with Crippen molar-refractivity contribution in [3.63, 3.8) is 0 Å². The van der Waals surface area contributed by atoms with Crippen LogP contribution in [0.3, 0.4) is 0 Å². The molecular formula is C15H26F3N3O2. The summed E-state index contributed by atoms with van der Waals surface area (Å²) in [5, 5.41) is 3.00. The van der Waals surface area contributed by atoms with E-state index in [9.17, 15) is 18.0 Å². The van der Waals surface area contributed by atoms with Gasteiger partial charge in [-0.3, -0.25) is 4.90 Å². The third-order valence-corrected chi connectivity index (χ3v) is 4.59. The Kier molecular flexibility index (Phi) is 6.52. The van der Waals surface area contributed by atoms with E-state index in [1.165, 1.54) is 4.90 Å². The van der Waals surface area contributed by atoms with Gasteiger partial charge in [0.15, 0.2) is 0 Å². The predicted molar refractivity (Wildman–Crippen MR) is 80.3 cm³/mol. The molecule has 0 unspecified atom stereocenters. The molecule has 2 fully saturated rings. The SMILES string of the molecule is CO[C@H]1CCCC[C@H]1NC(=O)N1CCCN(CC(F)(F)F)CC1. The molecule has 8 heteroatoms. The van der Waals surface area contributed by atoms with Gasteiger partial charge in [0.25, 0.3) is 0 Å². The number of amides is 2. The number of carbonyl (C=O) groups excluding carboxylic acids is 1. The van der Waals surface area contributed by atoms with E-state index in [0.29, 0.717) is 26.1 Å². The Morgan fingerprint density at radius 1 is 1.13 bits per heavy atom. The Bertz CT molecular complexity index is 393. The Morgan fingerprint density at radius 2 is 1.87 bits per heavy atom. The third kappa shape index (κ3) is 5.84. The van der Waals surface area contributed by atoms with Crippen molar-refractivity contribution in [2.24, 2.45) is 0 Å². The van der Waals surface area contributed by atoms with Gasteiger partial charge in [0.05, 0.1) is 18.7 Å². The van der Waals surface area contributed by atoms with E-state index in [4.69, 9.17) is 4.74 Å². The van der Waals surface area contributed by atoms with Gasteiger partial charge in [-0.05, 0) is 19.3 Å². The molecule has 2 amide bonds. The molecule has 1 saturated heterocycles. The number of halogens is 3. The molecule has 0 bridgehead atoms. The highest BCUT2D eigenvalue weighted by atomic mass is 19.4. The van der Waals surface area contributed by atoms with Crippen molar-refractivity contribution < 1.29 is 22.7 Å². The second-order valence-electron chi connectivity index (χ2n) is 6.35. The van der Waals surface area contributed by atoms with Gasteiger partial charge in [0.1, 0.15) is 0 Å². The average Bonchev–Trinajstić information content (AvgIpc) is 2.71. The van der Waals surface area contributed by atoms with Gasteiger partial charge in [-0.15, -0.1) is 0 Å². The molecule has 0 aromatic heterocycles. The number of alkyl halides is 3. The first-order valence-electron chi connectivity index (χ1n) is 8.26. The van der Waals surface area contributed by atoms with Crippen molar-refractivity contribution in [1.82, 2.24) is 15.1 Å². The molecule has 1 saturated carbocycles. The Morgan fingerprint density at radius 3 is 2.57 bits per heavy atom. The molecule has 5 nitrogen and oxygen atoms in total. The molecule has 1 heterocycles. The Hall–Kier alpha value is -1.02. The van der Waals surface area contributed by atoms with Gasteiger partial charge in [0, 0.05) is 33.3 Å². The average molecular weight is 337 g/mol. The van der Waals surface area contributed by atoms with Crippen LogP contribution in [0.25, 0.3) is 0 Å². The molecule has 23 heavy (non-hydrogen) atoms. The highest BCUT2D eigenvalue weighted by molar-refractivity contribution is 5.74. The van der Waals surface area contributed by atoms with E-state index in [2.05, 4.69) is 5.32 Å². The maximum atomic E-state index is 12.5. The van der Waals surface area contributed by atoms with E-state index in [1.54, 1.807) is 12.0 Å². The first kappa shape index (κ1) is 18.3. The summed E-state index contributed by atoms with van der Waals surface area (Å²) in [6.07, 6.45) is 0.374. The minimum atomic E-state index is -4.19. The number of hydrogen-bond acceptors (Lipinski definition) is 3. The lowest BCUT2D eigenvalue weighted by Crippen LogP contribution is -2.51. The van der Waals surface area contributed by atoms with Crippen LogP contribution in [0.15, 0.2) is 0 Å². The van der Waals surface area contributed by atoms with Crippen LogP contribution < -0.4 is 5.32 Å². The molecule has 0 aromatic rings. The Labute approximate surface area is 135 Å². The normalized spacial score (nSPS) is 27.6. The Balaban J connectivity index is 1.83. The molecule has 2 rings (SSSR count). The summed E-state index contributed by atoms with van der Waals surface area (Å²) < 4.78 is 42.8. The number of ether oxygens (including phenoxy) is 1. The molecule has 0 spiro atoms. The number of carbonyl (C=O) groups is 1. The minimum absolute atomic E-state index is 0.00391. The number of nitrogens with one attached hydrogen (secondary N) is 1. The molecule has 2 atom stereocenters. The summed E-state index contributed by atoms with van der Waals surface area (Å²) in [5.74, 6) is 0. The molecule has 2 aliphatic rings. The second kappa shape index (κ2) is 8.19. The fourth-order valence-corrected chi connectivity index (χ4v) is 3.38. The number of urea groups is 1. The van der Waals surface area contributed by atoms with E-state index >= 15 is 0 Å². The van der Waals surface area contributed by atoms with Crippen molar-refractivity contribution in [2.75, 3.05) is 39.8 Å². The second-order valence-corrected chi connectivity index (χ2v) is 6.35. The zero-order valence-electron chi connectivity index (χ0n) is 13.6. The predicted octanol–water partition coefficient (Wildman–Crippen LogP) is 2.22. The smallest absolute Gasteiger partial charge is 0.379 e. The first-order chi connectivity index (χ1) is 10.9. The van der Waals surface area contributed by atoms with Crippen molar-refractivity contribution in [2.45, 2.75) is 50.4 Å². The van der Waals surface area contributed by atoms with Crippen LogP contribution in [0.1, 0.15) is 32.1 Å². The lowest BCUT2D eigenvalue weighted by molar-refractivity contribution is -0.145. The van der Waals surface area contributed by atoms with Crippen molar-refractivity contribution in [1.29, 1.82) is 0 Å².